The predicted octanol–water partition coefficient (Wildman–Crippen LogP) is 5.71. The molecule has 1 aromatic heterocycles. The Bertz CT molecular complexity index is 1460. The SMILES string of the molecule is N=C=C1C(=S)NC(O)(c2ccccc2)C([n+]2cccc3ccccc32)C1c1ccc(Cl)c(Cl)c1. The van der Waals surface area contributed by atoms with Gasteiger partial charge in [-0.05, 0) is 35.7 Å². The molecule has 0 bridgehead atoms. The molecule has 1 saturated heterocycles. The van der Waals surface area contributed by atoms with Gasteiger partial charge in [-0.3, -0.25) is 5.41 Å². The molecule has 7 heteroatoms. The van der Waals surface area contributed by atoms with Crippen molar-refractivity contribution in [2.45, 2.75) is 17.7 Å². The Morgan fingerprint density at radius 3 is 2.38 bits per heavy atom. The van der Waals surface area contributed by atoms with Crippen LogP contribution < -0.4 is 9.88 Å². The van der Waals surface area contributed by atoms with E-state index in [-0.39, 0.29) is 4.99 Å². The minimum Gasteiger partial charge on any atom is -0.362 e. The number of fused-ring (bicyclic) bond motifs is 1. The second-order valence-corrected chi connectivity index (χ2v) is 9.42. The van der Waals surface area contributed by atoms with E-state index in [1.54, 1.807) is 12.1 Å². The van der Waals surface area contributed by atoms with Gasteiger partial charge in [0.2, 0.25) is 17.3 Å². The number of aliphatic hydroxyl groups is 1. The first-order valence-corrected chi connectivity index (χ1v) is 11.8. The maximum absolute atomic E-state index is 12.4. The van der Waals surface area contributed by atoms with Gasteiger partial charge in [0.05, 0.1) is 21.5 Å². The molecule has 0 aliphatic carbocycles. The number of nitrogens with zero attached hydrogens (tertiary/aromatic N) is 1. The van der Waals surface area contributed by atoms with Crippen LogP contribution in [0.4, 0.5) is 0 Å². The molecular weight excluding hydrogens is 485 g/mol. The number of pyridine rings is 1. The van der Waals surface area contributed by atoms with Crippen LogP contribution in [0.5, 0.6) is 0 Å². The molecule has 0 radical (unpaired) electrons. The van der Waals surface area contributed by atoms with Crippen molar-refractivity contribution < 1.29 is 9.67 Å². The van der Waals surface area contributed by atoms with E-state index in [0.717, 1.165) is 16.5 Å². The molecule has 0 spiro atoms. The number of thiocarbonyl (C=S) groups is 1. The van der Waals surface area contributed by atoms with E-state index in [0.29, 0.717) is 21.2 Å². The highest BCUT2D eigenvalue weighted by Crippen LogP contribution is 2.46. The molecule has 34 heavy (non-hydrogen) atoms. The van der Waals surface area contributed by atoms with Crippen molar-refractivity contribution in [3.05, 3.63) is 118 Å². The number of halogens is 2. The van der Waals surface area contributed by atoms with Crippen LogP contribution >= 0.6 is 35.4 Å². The summed E-state index contributed by atoms with van der Waals surface area (Å²) in [6.07, 6.45) is 1.93. The number of hydrogen-bond donors (Lipinski definition) is 3. The second kappa shape index (κ2) is 8.95. The first-order valence-electron chi connectivity index (χ1n) is 10.7. The predicted molar refractivity (Wildman–Crippen MR) is 140 cm³/mol. The van der Waals surface area contributed by atoms with E-state index >= 15 is 0 Å². The Morgan fingerprint density at radius 2 is 1.65 bits per heavy atom. The highest BCUT2D eigenvalue weighted by molar-refractivity contribution is 7.80. The van der Waals surface area contributed by atoms with Gasteiger partial charge in [-0.15, -0.1) is 0 Å². The smallest absolute Gasteiger partial charge is 0.227 e. The fourth-order valence-corrected chi connectivity index (χ4v) is 5.41. The van der Waals surface area contributed by atoms with Crippen molar-refractivity contribution in [2.75, 3.05) is 0 Å². The Balaban J connectivity index is 1.86. The highest BCUT2D eigenvalue weighted by atomic mass is 35.5. The summed E-state index contributed by atoms with van der Waals surface area (Å²) in [7, 11) is 0. The molecule has 0 amide bonds. The zero-order valence-corrected chi connectivity index (χ0v) is 20.2. The van der Waals surface area contributed by atoms with E-state index in [9.17, 15) is 5.11 Å². The summed E-state index contributed by atoms with van der Waals surface area (Å²) in [5.41, 5.74) is 1.21. The number of para-hydroxylation sites is 1. The Hall–Kier alpha value is -3.05. The van der Waals surface area contributed by atoms with Crippen LogP contribution in [0.2, 0.25) is 10.0 Å². The van der Waals surface area contributed by atoms with Crippen LogP contribution in [0, 0.1) is 5.41 Å². The minimum absolute atomic E-state index is 0.259. The van der Waals surface area contributed by atoms with Crippen molar-refractivity contribution in [3.8, 4) is 0 Å². The third-order valence-electron chi connectivity index (χ3n) is 6.29. The van der Waals surface area contributed by atoms with Crippen molar-refractivity contribution >= 4 is 57.2 Å². The van der Waals surface area contributed by atoms with Gasteiger partial charge in [-0.1, -0.05) is 84.0 Å². The molecule has 1 aliphatic heterocycles. The molecule has 4 aromatic rings. The Kier molecular flexibility index (Phi) is 5.98. The molecular formula is C27H20Cl2N3OS+. The fraction of sp³-hybridized carbons (Fsp3) is 0.111. The first kappa shape index (κ1) is 22.7. The number of nitrogens with one attached hydrogen (secondary N) is 2. The standard InChI is InChI=1S/C27H19Cl2N3OS/c28-21-13-12-18(15-22(21)29)24-20(16-30)26(34)31-27(33,19-9-2-1-3-10-19)25(24)32-14-6-8-17-7-4-5-11-23(17)32/h1-15,24-25,30,33H/p+1. The molecule has 4 nitrogen and oxygen atoms in total. The summed E-state index contributed by atoms with van der Waals surface area (Å²) >= 11 is 18.3. The van der Waals surface area contributed by atoms with E-state index < -0.39 is 17.7 Å². The van der Waals surface area contributed by atoms with Crippen LogP contribution in [0.15, 0.2) is 96.7 Å². The van der Waals surface area contributed by atoms with Crippen molar-refractivity contribution in [3.63, 3.8) is 0 Å². The van der Waals surface area contributed by atoms with E-state index in [1.165, 1.54) is 0 Å². The number of benzene rings is 3. The van der Waals surface area contributed by atoms with E-state index in [2.05, 4.69) is 11.2 Å². The summed E-state index contributed by atoms with van der Waals surface area (Å²) in [6, 6.07) is 26.0. The van der Waals surface area contributed by atoms with Crippen LogP contribution in [0.1, 0.15) is 23.1 Å². The quantitative estimate of drug-likeness (QED) is 0.145. The average molecular weight is 505 g/mol. The highest BCUT2D eigenvalue weighted by Gasteiger charge is 2.56. The van der Waals surface area contributed by atoms with Gasteiger partial charge >= 0.3 is 0 Å². The average Bonchev–Trinajstić information content (AvgIpc) is 2.86. The maximum Gasteiger partial charge on any atom is 0.227 e. The lowest BCUT2D eigenvalue weighted by molar-refractivity contribution is -0.720. The molecule has 1 aliphatic rings. The number of aromatic nitrogens is 1. The number of piperidine rings is 1. The summed E-state index contributed by atoms with van der Waals surface area (Å²) in [5.74, 6) is 2.00. The lowest BCUT2D eigenvalue weighted by Gasteiger charge is -2.43. The first-order chi connectivity index (χ1) is 16.4. The van der Waals surface area contributed by atoms with Gasteiger partial charge in [0, 0.05) is 23.1 Å². The molecule has 2 heterocycles. The third kappa shape index (κ3) is 3.72. The van der Waals surface area contributed by atoms with Gasteiger partial charge in [-0.25, -0.2) is 0 Å². The van der Waals surface area contributed by atoms with Crippen LogP contribution in [0.3, 0.4) is 0 Å². The molecule has 3 unspecified atom stereocenters. The second-order valence-electron chi connectivity index (χ2n) is 8.20. The third-order valence-corrected chi connectivity index (χ3v) is 7.35. The maximum atomic E-state index is 12.4. The zero-order valence-electron chi connectivity index (χ0n) is 17.9. The van der Waals surface area contributed by atoms with E-state index in [4.69, 9.17) is 40.8 Å². The van der Waals surface area contributed by atoms with E-state index in [1.807, 2.05) is 83.6 Å². The summed E-state index contributed by atoms with van der Waals surface area (Å²) in [4.78, 5) is 0.259. The number of rotatable bonds is 3. The lowest BCUT2D eigenvalue weighted by atomic mass is 9.74. The Labute approximate surface area is 212 Å². The molecule has 0 saturated carbocycles. The van der Waals surface area contributed by atoms with Gasteiger partial charge in [0.1, 0.15) is 4.99 Å². The van der Waals surface area contributed by atoms with Crippen molar-refractivity contribution in [1.82, 2.24) is 5.32 Å². The summed E-state index contributed by atoms with van der Waals surface area (Å²) in [5, 5.41) is 25.4. The fourth-order valence-electron chi connectivity index (χ4n) is 4.77. The topological polar surface area (TPSA) is 60.0 Å². The van der Waals surface area contributed by atoms with Gasteiger partial charge in [0.25, 0.3) is 0 Å². The Morgan fingerprint density at radius 1 is 0.941 bits per heavy atom. The monoisotopic (exact) mass is 504 g/mol. The van der Waals surface area contributed by atoms with Crippen LogP contribution in [-0.2, 0) is 5.72 Å². The van der Waals surface area contributed by atoms with Crippen molar-refractivity contribution in [1.29, 1.82) is 5.41 Å². The normalized spacial score (nSPS) is 22.3. The summed E-state index contributed by atoms with van der Waals surface area (Å²) in [6.45, 7) is 0. The minimum atomic E-state index is -1.59. The summed E-state index contributed by atoms with van der Waals surface area (Å²) < 4.78 is 2.03. The number of hydrogen-bond acceptors (Lipinski definition) is 3. The van der Waals surface area contributed by atoms with Crippen molar-refractivity contribution in [2.24, 2.45) is 0 Å². The largest absolute Gasteiger partial charge is 0.362 e. The van der Waals surface area contributed by atoms with Gasteiger partial charge in [-0.2, -0.15) is 4.57 Å². The molecule has 3 aromatic carbocycles. The molecule has 3 N–H and O–H groups in total. The zero-order chi connectivity index (χ0) is 23.9. The molecule has 168 valence electrons. The molecule has 5 rings (SSSR count). The lowest BCUT2D eigenvalue weighted by Crippen LogP contribution is -2.65. The van der Waals surface area contributed by atoms with Crippen LogP contribution in [0.25, 0.3) is 10.9 Å². The molecule has 3 atom stereocenters. The molecule has 1 fully saturated rings. The van der Waals surface area contributed by atoms with Gasteiger partial charge in [0.15, 0.2) is 6.20 Å². The van der Waals surface area contributed by atoms with Crippen LogP contribution in [-0.4, -0.2) is 16.0 Å². The van der Waals surface area contributed by atoms with Gasteiger partial charge < -0.3 is 10.4 Å².